The quantitative estimate of drug-likeness (QED) is 0.790. The van der Waals surface area contributed by atoms with E-state index in [-0.39, 0.29) is 18.2 Å². The van der Waals surface area contributed by atoms with E-state index in [9.17, 15) is 9.59 Å². The molecule has 1 aromatic heterocycles. The molecule has 1 N–H and O–H groups in total. The van der Waals surface area contributed by atoms with E-state index < -0.39 is 5.97 Å². The number of carboxylic acids is 1. The molecule has 1 rings (SSSR count). The van der Waals surface area contributed by atoms with Gasteiger partial charge in [-0.25, -0.2) is 0 Å². The second-order valence-corrected chi connectivity index (χ2v) is 3.99. The lowest BCUT2D eigenvalue weighted by Gasteiger charge is -2.11. The molecule has 0 aliphatic heterocycles. The van der Waals surface area contributed by atoms with Crippen LogP contribution in [0.3, 0.4) is 0 Å². The molecule has 1 aromatic rings. The van der Waals surface area contributed by atoms with Gasteiger partial charge in [0.25, 0.3) is 0 Å². The number of aryl methyl sites for hydroxylation is 1. The molecule has 0 aliphatic carbocycles. The van der Waals surface area contributed by atoms with Crippen molar-refractivity contribution in [3.8, 4) is 0 Å². The van der Waals surface area contributed by atoms with Gasteiger partial charge in [-0.3, -0.25) is 14.3 Å². The number of aromatic nitrogens is 2. The predicted octanol–water partition coefficient (Wildman–Crippen LogP) is 1.74. The summed E-state index contributed by atoms with van der Waals surface area (Å²) in [6.45, 7) is 6.81. The zero-order valence-electron chi connectivity index (χ0n) is 9.94. The Balaban J connectivity index is 3.12. The molecule has 5 heteroatoms. The van der Waals surface area contributed by atoms with Crippen molar-refractivity contribution in [3.05, 3.63) is 17.0 Å². The molecule has 0 fully saturated rings. The number of hydrogen-bond donors (Lipinski definition) is 1. The maximum atomic E-state index is 11.4. The van der Waals surface area contributed by atoms with Crippen LogP contribution >= 0.6 is 0 Å². The van der Waals surface area contributed by atoms with Crippen LogP contribution in [-0.4, -0.2) is 26.6 Å². The van der Waals surface area contributed by atoms with E-state index in [4.69, 9.17) is 5.11 Å². The number of carbonyl (C=O) groups excluding carboxylic acids is 1. The molecule has 1 atom stereocenters. The highest BCUT2D eigenvalue weighted by Gasteiger charge is 2.19. The van der Waals surface area contributed by atoms with E-state index in [0.29, 0.717) is 11.3 Å². The highest BCUT2D eigenvalue weighted by atomic mass is 16.4. The van der Waals surface area contributed by atoms with Crippen LogP contribution in [-0.2, 0) is 4.79 Å². The normalized spacial score (nSPS) is 12.5. The average Bonchev–Trinajstić information content (AvgIpc) is 2.40. The fraction of sp³-hybridized carbons (Fsp3) is 0.545. The van der Waals surface area contributed by atoms with Crippen molar-refractivity contribution in [3.63, 3.8) is 0 Å². The number of aliphatic carboxylic acids is 1. The molecule has 0 radical (unpaired) electrons. The second kappa shape index (κ2) is 4.47. The summed E-state index contributed by atoms with van der Waals surface area (Å²) in [6.07, 6.45) is -0.000690. The number of carbonyl (C=O) groups is 2. The lowest BCUT2D eigenvalue weighted by Crippen LogP contribution is -2.13. The van der Waals surface area contributed by atoms with Crippen LogP contribution in [0, 0.1) is 13.8 Å². The molecule has 88 valence electrons. The van der Waals surface area contributed by atoms with Crippen LogP contribution < -0.4 is 0 Å². The number of hydrogen-bond acceptors (Lipinski definition) is 3. The Bertz CT molecular complexity index is 435. The van der Waals surface area contributed by atoms with Gasteiger partial charge < -0.3 is 5.11 Å². The smallest absolute Gasteiger partial charge is 0.305 e. The Kier molecular flexibility index (Phi) is 3.47. The van der Waals surface area contributed by atoms with Crippen LogP contribution in [0.5, 0.6) is 0 Å². The fourth-order valence-corrected chi connectivity index (χ4v) is 1.94. The van der Waals surface area contributed by atoms with Crippen molar-refractivity contribution in [2.45, 2.75) is 40.2 Å². The number of Topliss-reactive ketones (excluding diaryl/α,β-unsaturated/α-hetero) is 1. The fourth-order valence-electron chi connectivity index (χ4n) is 1.94. The summed E-state index contributed by atoms with van der Waals surface area (Å²) in [5, 5.41) is 12.9. The summed E-state index contributed by atoms with van der Waals surface area (Å²) in [7, 11) is 0. The molecule has 0 spiro atoms. The lowest BCUT2D eigenvalue weighted by atomic mass is 10.1. The third-order valence-electron chi connectivity index (χ3n) is 2.56. The molecule has 0 amide bonds. The molecule has 1 heterocycles. The van der Waals surface area contributed by atoms with Crippen LogP contribution in [0.2, 0.25) is 0 Å². The molecule has 16 heavy (non-hydrogen) atoms. The highest BCUT2D eigenvalue weighted by molar-refractivity contribution is 5.96. The maximum Gasteiger partial charge on any atom is 0.305 e. The zero-order valence-corrected chi connectivity index (χ0v) is 9.94. The second-order valence-electron chi connectivity index (χ2n) is 3.99. The zero-order chi connectivity index (χ0) is 12.5. The average molecular weight is 224 g/mol. The van der Waals surface area contributed by atoms with Gasteiger partial charge in [0.2, 0.25) is 0 Å². The van der Waals surface area contributed by atoms with E-state index in [1.807, 2.05) is 0 Å². The van der Waals surface area contributed by atoms with Gasteiger partial charge in [-0.15, -0.1) is 0 Å². The molecule has 0 saturated heterocycles. The van der Waals surface area contributed by atoms with E-state index in [1.54, 1.807) is 25.5 Å². The Labute approximate surface area is 94.1 Å². The molecule has 0 aromatic carbocycles. The SMILES string of the molecule is CC(=O)c1c(C)nn([C@@H](C)CC(=O)O)c1C. The van der Waals surface area contributed by atoms with Gasteiger partial charge in [-0.1, -0.05) is 0 Å². The molecule has 0 bridgehead atoms. The lowest BCUT2D eigenvalue weighted by molar-refractivity contribution is -0.137. The minimum atomic E-state index is -0.871. The minimum absolute atomic E-state index is 0.000690. The van der Waals surface area contributed by atoms with Gasteiger partial charge in [-0.2, -0.15) is 5.10 Å². The Morgan fingerprint density at radius 2 is 2.00 bits per heavy atom. The molecule has 0 unspecified atom stereocenters. The van der Waals surface area contributed by atoms with Crippen molar-refractivity contribution in [2.75, 3.05) is 0 Å². The molecular weight excluding hydrogens is 208 g/mol. The van der Waals surface area contributed by atoms with Crippen molar-refractivity contribution >= 4 is 11.8 Å². The maximum absolute atomic E-state index is 11.4. The van der Waals surface area contributed by atoms with E-state index in [1.165, 1.54) is 6.92 Å². The summed E-state index contributed by atoms with van der Waals surface area (Å²) in [6, 6.07) is -0.246. The molecular formula is C11H16N2O3. The van der Waals surface area contributed by atoms with Gasteiger partial charge in [0, 0.05) is 5.69 Å². The number of carboxylic acid groups (broad SMARTS) is 1. The molecule has 0 aliphatic rings. The van der Waals surface area contributed by atoms with E-state index >= 15 is 0 Å². The van der Waals surface area contributed by atoms with Crippen molar-refractivity contribution in [1.82, 2.24) is 9.78 Å². The number of rotatable bonds is 4. The van der Waals surface area contributed by atoms with Crippen LogP contribution in [0.1, 0.15) is 48.1 Å². The number of nitrogens with zero attached hydrogens (tertiary/aromatic N) is 2. The van der Waals surface area contributed by atoms with Crippen molar-refractivity contribution in [2.24, 2.45) is 0 Å². The van der Waals surface area contributed by atoms with Crippen LogP contribution in [0.25, 0.3) is 0 Å². The Hall–Kier alpha value is -1.65. The summed E-state index contributed by atoms with van der Waals surface area (Å²) in [5.74, 6) is -0.909. The highest BCUT2D eigenvalue weighted by Crippen LogP contribution is 2.19. The first-order valence-electron chi connectivity index (χ1n) is 5.13. The molecule has 0 saturated carbocycles. The van der Waals surface area contributed by atoms with E-state index in [0.717, 1.165) is 5.69 Å². The third-order valence-corrected chi connectivity index (χ3v) is 2.56. The topological polar surface area (TPSA) is 72.2 Å². The largest absolute Gasteiger partial charge is 0.481 e. The monoisotopic (exact) mass is 224 g/mol. The van der Waals surface area contributed by atoms with Gasteiger partial charge in [0.1, 0.15) is 0 Å². The summed E-state index contributed by atoms with van der Waals surface area (Å²) in [4.78, 5) is 22.0. The molecule has 5 nitrogen and oxygen atoms in total. The standard InChI is InChI=1S/C11H16N2O3/c1-6(5-10(15)16)13-8(3)11(9(4)14)7(2)12-13/h6H,5H2,1-4H3,(H,15,16)/t6-/m0/s1. The summed E-state index contributed by atoms with van der Waals surface area (Å²) < 4.78 is 1.61. The van der Waals surface area contributed by atoms with Gasteiger partial charge in [0.15, 0.2) is 5.78 Å². The summed E-state index contributed by atoms with van der Waals surface area (Å²) in [5.41, 5.74) is 1.98. The number of ketones is 1. The Morgan fingerprint density at radius 3 is 2.38 bits per heavy atom. The van der Waals surface area contributed by atoms with Gasteiger partial charge in [0.05, 0.1) is 23.7 Å². The summed E-state index contributed by atoms with van der Waals surface area (Å²) >= 11 is 0. The van der Waals surface area contributed by atoms with Crippen LogP contribution in [0.15, 0.2) is 0 Å². The first-order valence-corrected chi connectivity index (χ1v) is 5.13. The van der Waals surface area contributed by atoms with Gasteiger partial charge in [-0.05, 0) is 27.7 Å². The first kappa shape index (κ1) is 12.4. The van der Waals surface area contributed by atoms with Crippen molar-refractivity contribution < 1.29 is 14.7 Å². The Morgan fingerprint density at radius 1 is 1.44 bits per heavy atom. The van der Waals surface area contributed by atoms with Gasteiger partial charge >= 0.3 is 5.97 Å². The predicted molar refractivity (Wildman–Crippen MR) is 58.7 cm³/mol. The third kappa shape index (κ3) is 2.29. The van der Waals surface area contributed by atoms with Crippen molar-refractivity contribution in [1.29, 1.82) is 0 Å². The van der Waals surface area contributed by atoms with Crippen LogP contribution in [0.4, 0.5) is 0 Å². The van der Waals surface area contributed by atoms with E-state index in [2.05, 4.69) is 5.10 Å². The minimum Gasteiger partial charge on any atom is -0.481 e. The first-order chi connectivity index (χ1) is 7.34.